The summed E-state index contributed by atoms with van der Waals surface area (Å²) in [5.41, 5.74) is 2.30. The van der Waals surface area contributed by atoms with Crippen molar-refractivity contribution in [1.82, 2.24) is 10.2 Å². The summed E-state index contributed by atoms with van der Waals surface area (Å²) in [5.74, 6) is -0.326. The molecular formula is C31H42ClN3O4. The molecule has 1 aliphatic rings. The number of nitrogens with zero attached hydrogens (tertiary/aromatic N) is 1. The average Bonchev–Trinajstić information content (AvgIpc) is 3.53. The summed E-state index contributed by atoms with van der Waals surface area (Å²) < 4.78 is 5.48. The third-order valence-corrected chi connectivity index (χ3v) is 7.04. The van der Waals surface area contributed by atoms with Gasteiger partial charge in [0.05, 0.1) is 10.7 Å². The number of aryl methyl sites for hydroxylation is 2. The first-order chi connectivity index (χ1) is 18.2. The molecule has 1 fully saturated rings. The Balaban J connectivity index is 2.05. The van der Waals surface area contributed by atoms with Crippen LogP contribution in [0, 0.1) is 25.7 Å². The smallest absolute Gasteiger partial charge is 0.408 e. The fourth-order valence-electron chi connectivity index (χ4n) is 4.76. The van der Waals surface area contributed by atoms with E-state index in [2.05, 4.69) is 17.6 Å². The van der Waals surface area contributed by atoms with Gasteiger partial charge in [-0.15, -0.1) is 0 Å². The molecule has 7 nitrogen and oxygen atoms in total. The first-order valence-electron chi connectivity index (χ1n) is 13.6. The molecule has 2 aromatic rings. The van der Waals surface area contributed by atoms with Crippen LogP contribution in [0.1, 0.15) is 77.1 Å². The molecule has 0 aromatic heterocycles. The molecular weight excluding hydrogens is 514 g/mol. The first-order valence-corrected chi connectivity index (χ1v) is 14.0. The van der Waals surface area contributed by atoms with Gasteiger partial charge in [0.15, 0.2) is 0 Å². The standard InChI is InChI=1S/C31H42ClN3O4/c1-18(2)15-24(33-30(38)39-31(6,7)8)29(37)35(25-17-21(25)5)27(22-13-9-11-19(3)16-22)28(36)34-26-20(4)12-10-14-23(26)32/h9-14,16,18,21,24-25,27H,15,17H2,1-8H3,(H,33,38)(H,34,36). The van der Waals surface area contributed by atoms with E-state index in [1.165, 1.54) is 0 Å². The number of halogens is 1. The summed E-state index contributed by atoms with van der Waals surface area (Å²) >= 11 is 6.45. The minimum atomic E-state index is -0.918. The van der Waals surface area contributed by atoms with Crippen LogP contribution in [0.25, 0.3) is 0 Å². The third-order valence-electron chi connectivity index (χ3n) is 6.73. The summed E-state index contributed by atoms with van der Waals surface area (Å²) in [6, 6.07) is 11.1. The predicted octanol–water partition coefficient (Wildman–Crippen LogP) is 6.81. The molecule has 0 spiro atoms. The lowest BCUT2D eigenvalue weighted by atomic mass is 9.97. The van der Waals surface area contributed by atoms with Crippen LogP contribution >= 0.6 is 11.6 Å². The fourth-order valence-corrected chi connectivity index (χ4v) is 5.02. The average molecular weight is 556 g/mol. The van der Waals surface area contributed by atoms with E-state index in [9.17, 15) is 14.4 Å². The highest BCUT2D eigenvalue weighted by Crippen LogP contribution is 2.41. The van der Waals surface area contributed by atoms with E-state index in [-0.39, 0.29) is 29.7 Å². The van der Waals surface area contributed by atoms with Gasteiger partial charge < -0.3 is 20.3 Å². The number of carbonyl (C=O) groups excluding carboxylic acids is 3. The number of nitrogens with one attached hydrogen (secondary N) is 2. The second-order valence-corrected chi connectivity index (χ2v) is 12.5. The van der Waals surface area contributed by atoms with Gasteiger partial charge >= 0.3 is 6.09 Å². The Morgan fingerprint density at radius 1 is 1.10 bits per heavy atom. The summed E-state index contributed by atoms with van der Waals surface area (Å²) in [6.45, 7) is 15.2. The number of hydrogen-bond acceptors (Lipinski definition) is 4. The molecule has 212 valence electrons. The van der Waals surface area contributed by atoms with Crippen LogP contribution in [0.15, 0.2) is 42.5 Å². The predicted molar refractivity (Wildman–Crippen MR) is 156 cm³/mol. The van der Waals surface area contributed by atoms with Crippen molar-refractivity contribution in [3.05, 3.63) is 64.2 Å². The number of anilines is 1. The largest absolute Gasteiger partial charge is 0.444 e. The second-order valence-electron chi connectivity index (χ2n) is 12.1. The molecule has 1 saturated carbocycles. The van der Waals surface area contributed by atoms with Crippen molar-refractivity contribution in [2.24, 2.45) is 11.8 Å². The van der Waals surface area contributed by atoms with Crippen LogP contribution in [0.5, 0.6) is 0 Å². The van der Waals surface area contributed by atoms with Crippen LogP contribution in [-0.2, 0) is 14.3 Å². The third kappa shape index (κ3) is 8.21. The van der Waals surface area contributed by atoms with E-state index in [0.29, 0.717) is 22.7 Å². The quantitative estimate of drug-likeness (QED) is 0.355. The normalized spacial score (nSPS) is 18.2. The van der Waals surface area contributed by atoms with E-state index in [1.54, 1.807) is 31.7 Å². The minimum absolute atomic E-state index is 0.115. The van der Waals surface area contributed by atoms with Crippen molar-refractivity contribution in [3.63, 3.8) is 0 Å². The Morgan fingerprint density at radius 2 is 1.74 bits per heavy atom. The van der Waals surface area contributed by atoms with Crippen molar-refractivity contribution >= 4 is 35.2 Å². The minimum Gasteiger partial charge on any atom is -0.444 e. The van der Waals surface area contributed by atoms with E-state index in [1.807, 2.05) is 64.1 Å². The highest BCUT2D eigenvalue weighted by Gasteiger charge is 2.48. The lowest BCUT2D eigenvalue weighted by Gasteiger charge is -2.35. The maximum absolute atomic E-state index is 14.3. The Kier molecular flexibility index (Phi) is 9.70. The van der Waals surface area contributed by atoms with Gasteiger partial charge in [-0.05, 0) is 76.5 Å². The van der Waals surface area contributed by atoms with Crippen LogP contribution in [0.2, 0.25) is 5.02 Å². The highest BCUT2D eigenvalue weighted by atomic mass is 35.5. The highest BCUT2D eigenvalue weighted by molar-refractivity contribution is 6.34. The number of amides is 3. The maximum Gasteiger partial charge on any atom is 0.408 e. The number of rotatable bonds is 9. The number of benzene rings is 2. The van der Waals surface area contributed by atoms with E-state index in [0.717, 1.165) is 17.5 Å². The van der Waals surface area contributed by atoms with Crippen LogP contribution in [0.4, 0.5) is 10.5 Å². The van der Waals surface area contributed by atoms with Crippen LogP contribution < -0.4 is 10.6 Å². The van der Waals surface area contributed by atoms with Gasteiger partial charge in [-0.3, -0.25) is 9.59 Å². The van der Waals surface area contributed by atoms with Gasteiger partial charge in [-0.25, -0.2) is 4.79 Å². The van der Waals surface area contributed by atoms with Crippen molar-refractivity contribution in [2.75, 3.05) is 5.32 Å². The summed E-state index contributed by atoms with van der Waals surface area (Å²) in [5, 5.41) is 6.23. The molecule has 1 aliphatic carbocycles. The SMILES string of the molecule is Cc1cccc(C(C(=O)Nc2c(C)cccc2Cl)N(C(=O)C(CC(C)C)NC(=O)OC(C)(C)C)C2CC2C)c1. The number of ether oxygens (including phenoxy) is 1. The van der Waals surface area contributed by atoms with Gasteiger partial charge in [0.25, 0.3) is 5.91 Å². The van der Waals surface area contributed by atoms with E-state index >= 15 is 0 Å². The van der Waals surface area contributed by atoms with Gasteiger partial charge in [-0.1, -0.05) is 74.3 Å². The Labute approximate surface area is 237 Å². The zero-order valence-electron chi connectivity index (χ0n) is 24.3. The molecule has 39 heavy (non-hydrogen) atoms. The molecule has 3 amide bonds. The van der Waals surface area contributed by atoms with Crippen molar-refractivity contribution in [2.45, 2.75) is 92.0 Å². The maximum atomic E-state index is 14.3. The molecule has 2 N–H and O–H groups in total. The van der Waals surface area contributed by atoms with Gasteiger partial charge in [0.2, 0.25) is 5.91 Å². The Morgan fingerprint density at radius 3 is 2.28 bits per heavy atom. The molecule has 4 unspecified atom stereocenters. The van der Waals surface area contributed by atoms with E-state index < -0.39 is 23.8 Å². The monoisotopic (exact) mass is 555 g/mol. The molecule has 0 saturated heterocycles. The fraction of sp³-hybridized carbons (Fsp3) is 0.516. The molecule has 0 heterocycles. The Bertz CT molecular complexity index is 1190. The molecule has 0 bridgehead atoms. The van der Waals surface area contributed by atoms with Gasteiger partial charge in [0.1, 0.15) is 17.7 Å². The van der Waals surface area contributed by atoms with Crippen molar-refractivity contribution in [3.8, 4) is 0 Å². The van der Waals surface area contributed by atoms with Crippen molar-refractivity contribution in [1.29, 1.82) is 0 Å². The number of carbonyl (C=O) groups is 3. The summed E-state index contributed by atoms with van der Waals surface area (Å²) in [6.07, 6.45) is 0.517. The lowest BCUT2D eigenvalue weighted by molar-refractivity contribution is -0.142. The second kappa shape index (κ2) is 12.4. The van der Waals surface area contributed by atoms with Crippen molar-refractivity contribution < 1.29 is 19.1 Å². The molecule has 4 atom stereocenters. The first kappa shape index (κ1) is 30.5. The molecule has 3 rings (SSSR count). The molecule has 2 aromatic carbocycles. The molecule has 0 aliphatic heterocycles. The van der Waals surface area contributed by atoms with Crippen LogP contribution in [0.3, 0.4) is 0 Å². The topological polar surface area (TPSA) is 87.7 Å². The molecule has 0 radical (unpaired) electrons. The number of para-hydroxylation sites is 1. The van der Waals surface area contributed by atoms with Crippen LogP contribution in [-0.4, -0.2) is 40.5 Å². The number of hydrogen-bond donors (Lipinski definition) is 2. The Hall–Kier alpha value is -3.06. The number of alkyl carbamates (subject to hydrolysis) is 1. The zero-order valence-corrected chi connectivity index (χ0v) is 25.1. The van der Waals surface area contributed by atoms with Gasteiger partial charge in [0, 0.05) is 6.04 Å². The summed E-state index contributed by atoms with van der Waals surface area (Å²) in [7, 11) is 0. The van der Waals surface area contributed by atoms with Gasteiger partial charge in [-0.2, -0.15) is 0 Å². The zero-order chi connectivity index (χ0) is 29.1. The summed E-state index contributed by atoms with van der Waals surface area (Å²) in [4.78, 5) is 42.9. The molecule has 8 heteroatoms. The lowest BCUT2D eigenvalue weighted by Crippen LogP contribution is -2.53. The van der Waals surface area contributed by atoms with E-state index in [4.69, 9.17) is 16.3 Å².